The molecule has 0 aliphatic carbocycles. The standard InChI is InChI=1S/C13H12BrN3O4/c1-7-8(2)13(19)16(15-12(7)18)6-9-3-4-10(14)11(5-9)17(20)21/h3-5H,6H2,1-2H3,(H,15,18). The first-order valence-corrected chi connectivity index (χ1v) is 6.83. The van der Waals surface area contributed by atoms with E-state index in [1.54, 1.807) is 19.9 Å². The number of aromatic nitrogens is 2. The molecular weight excluding hydrogens is 342 g/mol. The van der Waals surface area contributed by atoms with E-state index >= 15 is 0 Å². The zero-order chi connectivity index (χ0) is 15.7. The summed E-state index contributed by atoms with van der Waals surface area (Å²) in [6.45, 7) is 3.21. The predicted molar refractivity (Wildman–Crippen MR) is 80.7 cm³/mol. The summed E-state index contributed by atoms with van der Waals surface area (Å²) in [6, 6.07) is 4.55. The van der Waals surface area contributed by atoms with Crippen molar-refractivity contribution in [1.29, 1.82) is 0 Å². The molecule has 0 radical (unpaired) electrons. The third-order valence-electron chi connectivity index (χ3n) is 3.25. The summed E-state index contributed by atoms with van der Waals surface area (Å²) in [7, 11) is 0. The molecule has 0 spiro atoms. The van der Waals surface area contributed by atoms with Gasteiger partial charge in [0.15, 0.2) is 0 Å². The van der Waals surface area contributed by atoms with Gasteiger partial charge in [0.2, 0.25) is 0 Å². The summed E-state index contributed by atoms with van der Waals surface area (Å²) in [5, 5.41) is 13.4. The number of rotatable bonds is 3. The van der Waals surface area contributed by atoms with Crippen molar-refractivity contribution in [3.05, 3.63) is 70.2 Å². The smallest absolute Gasteiger partial charge is 0.268 e. The molecule has 0 saturated carbocycles. The highest BCUT2D eigenvalue weighted by atomic mass is 79.9. The Balaban J connectivity index is 2.49. The Hall–Kier alpha value is -2.22. The Morgan fingerprint density at radius 3 is 2.57 bits per heavy atom. The highest BCUT2D eigenvalue weighted by Crippen LogP contribution is 2.25. The number of hydrogen-bond donors (Lipinski definition) is 1. The highest BCUT2D eigenvalue weighted by molar-refractivity contribution is 9.10. The number of halogens is 1. The van der Waals surface area contributed by atoms with Crippen LogP contribution in [0.15, 0.2) is 32.3 Å². The van der Waals surface area contributed by atoms with E-state index in [0.29, 0.717) is 21.2 Å². The summed E-state index contributed by atoms with van der Waals surface area (Å²) in [5.41, 5.74) is 0.525. The van der Waals surface area contributed by atoms with Gasteiger partial charge in [-0.05, 0) is 41.4 Å². The quantitative estimate of drug-likeness (QED) is 0.672. The fourth-order valence-electron chi connectivity index (χ4n) is 1.88. The first-order chi connectivity index (χ1) is 9.81. The first kappa shape index (κ1) is 15.2. The van der Waals surface area contributed by atoms with Gasteiger partial charge in [-0.15, -0.1) is 0 Å². The number of aromatic amines is 1. The second-order valence-electron chi connectivity index (χ2n) is 4.63. The maximum atomic E-state index is 12.1. The van der Waals surface area contributed by atoms with Gasteiger partial charge in [0.1, 0.15) is 0 Å². The van der Waals surface area contributed by atoms with Crippen LogP contribution in [0.1, 0.15) is 16.7 Å². The van der Waals surface area contributed by atoms with Crippen LogP contribution in [-0.2, 0) is 6.54 Å². The van der Waals surface area contributed by atoms with Gasteiger partial charge in [0, 0.05) is 17.2 Å². The molecule has 8 heteroatoms. The van der Waals surface area contributed by atoms with Gasteiger partial charge in [-0.3, -0.25) is 24.8 Å². The van der Waals surface area contributed by atoms with Crippen molar-refractivity contribution >= 4 is 21.6 Å². The summed E-state index contributed by atoms with van der Waals surface area (Å²) < 4.78 is 1.51. The number of nitro benzene ring substituents is 1. The third-order valence-corrected chi connectivity index (χ3v) is 3.92. The average Bonchev–Trinajstić information content (AvgIpc) is 2.44. The maximum Gasteiger partial charge on any atom is 0.283 e. The largest absolute Gasteiger partial charge is 0.283 e. The van der Waals surface area contributed by atoms with Crippen LogP contribution in [0.3, 0.4) is 0 Å². The van der Waals surface area contributed by atoms with Crippen LogP contribution in [0, 0.1) is 24.0 Å². The topological polar surface area (TPSA) is 98.0 Å². The van der Waals surface area contributed by atoms with Crippen LogP contribution in [0.2, 0.25) is 0 Å². The molecule has 1 aromatic heterocycles. The number of nitrogens with zero attached hydrogens (tertiary/aromatic N) is 2. The van der Waals surface area contributed by atoms with Crippen molar-refractivity contribution in [3.8, 4) is 0 Å². The van der Waals surface area contributed by atoms with Gasteiger partial charge in [0.25, 0.3) is 16.8 Å². The third kappa shape index (κ3) is 2.94. The number of nitrogens with one attached hydrogen (secondary N) is 1. The lowest BCUT2D eigenvalue weighted by Crippen LogP contribution is -2.33. The molecule has 2 aromatic rings. The van der Waals surface area contributed by atoms with Crippen molar-refractivity contribution in [3.63, 3.8) is 0 Å². The fourth-order valence-corrected chi connectivity index (χ4v) is 2.27. The molecule has 1 heterocycles. The molecular formula is C13H12BrN3O4. The Kier molecular flexibility index (Phi) is 4.08. The molecule has 0 aliphatic heterocycles. The molecule has 0 amide bonds. The lowest BCUT2D eigenvalue weighted by molar-refractivity contribution is -0.385. The van der Waals surface area contributed by atoms with E-state index in [4.69, 9.17) is 0 Å². The molecule has 0 bridgehead atoms. The summed E-state index contributed by atoms with van der Waals surface area (Å²) >= 11 is 3.10. The zero-order valence-corrected chi connectivity index (χ0v) is 12.9. The molecule has 0 aliphatic rings. The number of benzene rings is 1. The van der Waals surface area contributed by atoms with Crippen molar-refractivity contribution in [2.45, 2.75) is 20.4 Å². The van der Waals surface area contributed by atoms with E-state index < -0.39 is 4.92 Å². The monoisotopic (exact) mass is 353 g/mol. The maximum absolute atomic E-state index is 12.1. The summed E-state index contributed by atoms with van der Waals surface area (Å²) in [5.74, 6) is 0. The molecule has 21 heavy (non-hydrogen) atoms. The summed E-state index contributed by atoms with van der Waals surface area (Å²) in [6.07, 6.45) is 0. The zero-order valence-electron chi connectivity index (χ0n) is 11.3. The lowest BCUT2D eigenvalue weighted by atomic mass is 10.2. The number of hydrogen-bond acceptors (Lipinski definition) is 4. The van der Waals surface area contributed by atoms with Crippen molar-refractivity contribution in [2.24, 2.45) is 0 Å². The SMILES string of the molecule is Cc1c(C)c(=O)n(Cc2ccc(Br)c([N+](=O)[O-])c2)[nH]c1=O. The molecule has 1 aromatic carbocycles. The van der Waals surface area contributed by atoms with E-state index in [-0.39, 0.29) is 23.4 Å². The van der Waals surface area contributed by atoms with Crippen LogP contribution in [0.25, 0.3) is 0 Å². The molecule has 110 valence electrons. The Bertz CT molecular complexity index is 838. The van der Waals surface area contributed by atoms with Crippen molar-refractivity contribution in [2.75, 3.05) is 0 Å². The minimum absolute atomic E-state index is 0.0588. The highest BCUT2D eigenvalue weighted by Gasteiger charge is 2.14. The van der Waals surface area contributed by atoms with Gasteiger partial charge in [-0.1, -0.05) is 6.07 Å². The van der Waals surface area contributed by atoms with Crippen molar-refractivity contribution in [1.82, 2.24) is 9.78 Å². The first-order valence-electron chi connectivity index (χ1n) is 6.04. The fraction of sp³-hybridized carbons (Fsp3) is 0.231. The lowest BCUT2D eigenvalue weighted by Gasteiger charge is -2.08. The predicted octanol–water partition coefficient (Wildman–Crippen LogP) is 1.87. The van der Waals surface area contributed by atoms with Crippen LogP contribution in [0.4, 0.5) is 5.69 Å². The van der Waals surface area contributed by atoms with E-state index in [2.05, 4.69) is 21.0 Å². The van der Waals surface area contributed by atoms with Crippen LogP contribution >= 0.6 is 15.9 Å². The Morgan fingerprint density at radius 2 is 1.95 bits per heavy atom. The van der Waals surface area contributed by atoms with E-state index in [9.17, 15) is 19.7 Å². The normalized spacial score (nSPS) is 10.6. The van der Waals surface area contributed by atoms with Gasteiger partial charge < -0.3 is 0 Å². The molecule has 0 atom stereocenters. The number of H-pyrrole nitrogens is 1. The van der Waals surface area contributed by atoms with Crippen LogP contribution < -0.4 is 11.1 Å². The molecule has 7 nitrogen and oxygen atoms in total. The Morgan fingerprint density at radius 1 is 1.29 bits per heavy atom. The second-order valence-corrected chi connectivity index (χ2v) is 5.48. The molecule has 0 unspecified atom stereocenters. The van der Waals surface area contributed by atoms with Crippen LogP contribution in [-0.4, -0.2) is 14.7 Å². The minimum atomic E-state index is -0.514. The van der Waals surface area contributed by atoms with Gasteiger partial charge in [0.05, 0.1) is 15.9 Å². The second kappa shape index (κ2) is 5.65. The molecule has 1 N–H and O–H groups in total. The molecule has 0 saturated heterocycles. The average molecular weight is 354 g/mol. The molecule has 0 fully saturated rings. The van der Waals surface area contributed by atoms with Crippen LogP contribution in [0.5, 0.6) is 0 Å². The molecule has 2 rings (SSSR count). The van der Waals surface area contributed by atoms with Gasteiger partial charge in [-0.25, -0.2) is 4.68 Å². The Labute approximate surface area is 127 Å². The summed E-state index contributed by atoms with van der Waals surface area (Å²) in [4.78, 5) is 34.2. The van der Waals surface area contributed by atoms with Gasteiger partial charge >= 0.3 is 0 Å². The minimum Gasteiger partial charge on any atom is -0.268 e. The number of nitro groups is 1. The van der Waals surface area contributed by atoms with Gasteiger partial charge in [-0.2, -0.15) is 0 Å². The van der Waals surface area contributed by atoms with E-state index in [1.165, 1.54) is 12.1 Å². The van der Waals surface area contributed by atoms with Crippen molar-refractivity contribution < 1.29 is 4.92 Å². The van der Waals surface area contributed by atoms with E-state index in [1.807, 2.05) is 0 Å². The van der Waals surface area contributed by atoms with E-state index in [0.717, 1.165) is 4.68 Å².